The van der Waals surface area contributed by atoms with E-state index in [1.807, 2.05) is 6.92 Å². The highest BCUT2D eigenvalue weighted by atomic mass is 79.9. The van der Waals surface area contributed by atoms with Gasteiger partial charge >= 0.3 is 0 Å². The van der Waals surface area contributed by atoms with Gasteiger partial charge in [-0.1, -0.05) is 6.92 Å². The molecular weight excluding hydrogens is 284 g/mol. The zero-order valence-corrected chi connectivity index (χ0v) is 11.5. The number of carbonyl (C=O) groups is 1. The van der Waals surface area contributed by atoms with E-state index in [1.54, 1.807) is 25.1 Å². The van der Waals surface area contributed by atoms with Gasteiger partial charge in [-0.25, -0.2) is 0 Å². The third kappa shape index (κ3) is 4.02. The van der Waals surface area contributed by atoms with Crippen LogP contribution in [-0.2, 0) is 0 Å². The van der Waals surface area contributed by atoms with Crippen molar-refractivity contribution in [3.63, 3.8) is 0 Å². The standard InChI is InChI=1S/C12H17BrN2O2/c1-3-12(2,17)7-15-11(16)8-4-5-9(13)10(14)6-8/h4-6,17H,3,7,14H2,1-2H3,(H,15,16). The molecule has 0 aliphatic carbocycles. The van der Waals surface area contributed by atoms with Crippen molar-refractivity contribution in [2.24, 2.45) is 0 Å². The molecule has 0 bridgehead atoms. The highest BCUT2D eigenvalue weighted by Crippen LogP contribution is 2.20. The number of nitrogens with one attached hydrogen (secondary N) is 1. The molecule has 1 aromatic carbocycles. The summed E-state index contributed by atoms with van der Waals surface area (Å²) in [6.07, 6.45) is 0.579. The first-order valence-electron chi connectivity index (χ1n) is 5.41. The van der Waals surface area contributed by atoms with Crippen LogP contribution in [0.5, 0.6) is 0 Å². The lowest BCUT2D eigenvalue weighted by Crippen LogP contribution is -2.40. The Morgan fingerprint density at radius 3 is 2.76 bits per heavy atom. The van der Waals surface area contributed by atoms with Gasteiger partial charge in [-0.2, -0.15) is 0 Å². The van der Waals surface area contributed by atoms with Crippen LogP contribution in [0.15, 0.2) is 22.7 Å². The van der Waals surface area contributed by atoms with Gasteiger partial charge in [0.25, 0.3) is 5.91 Å². The maximum atomic E-state index is 11.8. The summed E-state index contributed by atoms with van der Waals surface area (Å²) in [4.78, 5) is 11.8. The number of anilines is 1. The Hall–Kier alpha value is -1.07. The number of aliphatic hydroxyl groups is 1. The van der Waals surface area contributed by atoms with Crippen molar-refractivity contribution in [2.45, 2.75) is 25.9 Å². The second kappa shape index (κ2) is 5.51. The molecule has 0 saturated heterocycles. The molecular formula is C12H17BrN2O2. The van der Waals surface area contributed by atoms with Crippen molar-refractivity contribution < 1.29 is 9.90 Å². The summed E-state index contributed by atoms with van der Waals surface area (Å²) < 4.78 is 0.759. The fraction of sp³-hybridized carbons (Fsp3) is 0.417. The minimum Gasteiger partial charge on any atom is -0.398 e. The van der Waals surface area contributed by atoms with Crippen molar-refractivity contribution in [1.29, 1.82) is 0 Å². The van der Waals surface area contributed by atoms with E-state index in [4.69, 9.17) is 5.73 Å². The maximum absolute atomic E-state index is 11.8. The van der Waals surface area contributed by atoms with Crippen molar-refractivity contribution in [3.05, 3.63) is 28.2 Å². The van der Waals surface area contributed by atoms with Crippen LogP contribution in [0, 0.1) is 0 Å². The van der Waals surface area contributed by atoms with E-state index >= 15 is 0 Å². The third-order valence-corrected chi connectivity index (χ3v) is 3.37. The lowest BCUT2D eigenvalue weighted by molar-refractivity contribution is 0.0518. The Kier molecular flexibility index (Phi) is 4.54. The Balaban J connectivity index is 2.68. The molecule has 0 radical (unpaired) electrons. The fourth-order valence-corrected chi connectivity index (χ4v) is 1.43. The number of carbonyl (C=O) groups excluding carboxylic acids is 1. The van der Waals surface area contributed by atoms with Gasteiger partial charge in [0.05, 0.1) is 5.60 Å². The summed E-state index contributed by atoms with van der Waals surface area (Å²) in [6, 6.07) is 5.00. The highest BCUT2D eigenvalue weighted by molar-refractivity contribution is 9.10. The van der Waals surface area contributed by atoms with Gasteiger partial charge in [-0.15, -0.1) is 0 Å². The van der Waals surface area contributed by atoms with Crippen molar-refractivity contribution in [1.82, 2.24) is 5.32 Å². The van der Waals surface area contributed by atoms with Gasteiger partial charge in [-0.05, 0) is 47.5 Å². The quantitative estimate of drug-likeness (QED) is 0.744. The highest BCUT2D eigenvalue weighted by Gasteiger charge is 2.18. The van der Waals surface area contributed by atoms with Crippen molar-refractivity contribution >= 4 is 27.5 Å². The van der Waals surface area contributed by atoms with Crippen LogP contribution in [-0.4, -0.2) is 23.2 Å². The van der Waals surface area contributed by atoms with E-state index < -0.39 is 5.60 Å². The van der Waals surface area contributed by atoms with E-state index in [9.17, 15) is 9.90 Å². The van der Waals surface area contributed by atoms with Gasteiger partial charge in [-0.3, -0.25) is 4.79 Å². The first kappa shape index (κ1) is 14.0. The Morgan fingerprint density at radius 2 is 2.24 bits per heavy atom. The number of nitrogens with two attached hydrogens (primary N) is 1. The second-order valence-corrected chi connectivity index (χ2v) is 5.12. The molecule has 0 fully saturated rings. The number of hydrogen-bond donors (Lipinski definition) is 3. The average molecular weight is 301 g/mol. The summed E-state index contributed by atoms with van der Waals surface area (Å²) in [7, 11) is 0. The van der Waals surface area contributed by atoms with Crippen LogP contribution in [0.1, 0.15) is 30.6 Å². The summed E-state index contributed by atoms with van der Waals surface area (Å²) in [5, 5.41) is 12.4. The fourth-order valence-electron chi connectivity index (χ4n) is 1.18. The number of benzene rings is 1. The zero-order chi connectivity index (χ0) is 13.1. The summed E-state index contributed by atoms with van der Waals surface area (Å²) in [5.74, 6) is -0.238. The number of amides is 1. The predicted molar refractivity (Wildman–Crippen MR) is 71.8 cm³/mol. The molecule has 1 amide bonds. The Bertz CT molecular complexity index is 419. The first-order chi connectivity index (χ1) is 7.85. The van der Waals surface area contributed by atoms with Crippen LogP contribution in [0.25, 0.3) is 0 Å². The van der Waals surface area contributed by atoms with E-state index in [-0.39, 0.29) is 12.5 Å². The largest absolute Gasteiger partial charge is 0.398 e. The van der Waals surface area contributed by atoms with Crippen molar-refractivity contribution in [2.75, 3.05) is 12.3 Å². The minimum absolute atomic E-state index is 0.221. The molecule has 1 unspecified atom stereocenters. The van der Waals surface area contributed by atoms with E-state index in [0.717, 1.165) is 4.47 Å². The maximum Gasteiger partial charge on any atom is 0.251 e. The average Bonchev–Trinajstić information content (AvgIpc) is 2.30. The molecule has 1 aromatic rings. The summed E-state index contributed by atoms with van der Waals surface area (Å²) in [5.41, 5.74) is 5.81. The Labute approximate surface area is 109 Å². The van der Waals surface area contributed by atoms with Crippen LogP contribution in [0.3, 0.4) is 0 Å². The molecule has 0 aromatic heterocycles. The first-order valence-corrected chi connectivity index (χ1v) is 6.20. The molecule has 94 valence electrons. The monoisotopic (exact) mass is 300 g/mol. The van der Waals surface area contributed by atoms with Gasteiger partial charge in [0, 0.05) is 22.3 Å². The van der Waals surface area contributed by atoms with Gasteiger partial charge in [0.15, 0.2) is 0 Å². The molecule has 1 atom stereocenters. The van der Waals surface area contributed by atoms with Crippen LogP contribution < -0.4 is 11.1 Å². The van der Waals surface area contributed by atoms with Crippen LogP contribution >= 0.6 is 15.9 Å². The molecule has 0 saturated carbocycles. The number of rotatable bonds is 4. The smallest absolute Gasteiger partial charge is 0.251 e. The number of halogens is 1. The van der Waals surface area contributed by atoms with E-state index in [2.05, 4.69) is 21.2 Å². The molecule has 4 N–H and O–H groups in total. The normalized spacial score (nSPS) is 14.1. The molecule has 0 aliphatic rings. The molecule has 0 heterocycles. The molecule has 0 spiro atoms. The molecule has 5 heteroatoms. The SMILES string of the molecule is CCC(C)(O)CNC(=O)c1ccc(Br)c(N)c1. The molecule has 0 aliphatic heterocycles. The van der Waals surface area contributed by atoms with Gasteiger partial charge < -0.3 is 16.2 Å². The minimum atomic E-state index is -0.878. The lowest BCUT2D eigenvalue weighted by atomic mass is 10.0. The molecule has 1 rings (SSSR count). The topological polar surface area (TPSA) is 75.3 Å². The van der Waals surface area contributed by atoms with Crippen molar-refractivity contribution in [3.8, 4) is 0 Å². The number of hydrogen-bond acceptors (Lipinski definition) is 3. The number of nitrogen functional groups attached to an aromatic ring is 1. The molecule has 4 nitrogen and oxygen atoms in total. The predicted octanol–water partition coefficient (Wildman–Crippen LogP) is 1.92. The second-order valence-electron chi connectivity index (χ2n) is 4.27. The van der Waals surface area contributed by atoms with Gasteiger partial charge in [0.1, 0.15) is 0 Å². The summed E-state index contributed by atoms with van der Waals surface area (Å²) >= 11 is 3.26. The van der Waals surface area contributed by atoms with Gasteiger partial charge in [0.2, 0.25) is 0 Å². The van der Waals surface area contributed by atoms with Crippen LogP contribution in [0.4, 0.5) is 5.69 Å². The third-order valence-electron chi connectivity index (χ3n) is 2.65. The Morgan fingerprint density at radius 1 is 1.59 bits per heavy atom. The van der Waals surface area contributed by atoms with E-state index in [0.29, 0.717) is 17.7 Å². The summed E-state index contributed by atoms with van der Waals surface area (Å²) in [6.45, 7) is 3.77. The lowest BCUT2D eigenvalue weighted by Gasteiger charge is -2.21. The van der Waals surface area contributed by atoms with Crippen LogP contribution in [0.2, 0.25) is 0 Å². The zero-order valence-electron chi connectivity index (χ0n) is 9.96. The van der Waals surface area contributed by atoms with E-state index in [1.165, 1.54) is 0 Å². The molecule has 17 heavy (non-hydrogen) atoms.